The lowest BCUT2D eigenvalue weighted by Gasteiger charge is -2.12. The van der Waals surface area contributed by atoms with Crippen molar-refractivity contribution < 1.29 is 22.4 Å². The molecule has 3 aromatic carbocycles. The van der Waals surface area contributed by atoms with Gasteiger partial charge in [-0.15, -0.1) is 0 Å². The Hall–Kier alpha value is -4.37. The van der Waals surface area contributed by atoms with Gasteiger partial charge in [0.2, 0.25) is 0 Å². The van der Waals surface area contributed by atoms with Crippen molar-refractivity contribution in [2.75, 3.05) is 5.32 Å². The van der Waals surface area contributed by atoms with Gasteiger partial charge in [0, 0.05) is 5.69 Å². The number of anilines is 2. The van der Waals surface area contributed by atoms with Crippen LogP contribution in [0.3, 0.4) is 0 Å². The third-order valence-electron chi connectivity index (χ3n) is 4.83. The Kier molecular flexibility index (Phi) is 6.74. The lowest BCUT2D eigenvalue weighted by molar-refractivity contribution is 0.0830. The number of hydrogen-bond donors (Lipinski definition) is 3. The van der Waals surface area contributed by atoms with Crippen LogP contribution in [0.15, 0.2) is 106 Å². The smallest absolute Gasteiger partial charge is 0.305 e. The van der Waals surface area contributed by atoms with Crippen molar-refractivity contribution in [3.8, 4) is 0 Å². The van der Waals surface area contributed by atoms with E-state index < -0.39 is 27.4 Å². The van der Waals surface area contributed by atoms with E-state index in [1.807, 2.05) is 30.3 Å². The highest BCUT2D eigenvalue weighted by Crippen LogP contribution is 2.21. The molecule has 0 aliphatic heterocycles. The van der Waals surface area contributed by atoms with Crippen molar-refractivity contribution in [1.82, 2.24) is 10.9 Å². The standard InChI is InChI=1S/C25H21N3O5S/c29-24(21-13-7-8-14-22(21)26-18-9-3-1-4-10-18)27-28-25(30)23-16-15-19(33-23)17-34(31,32)20-11-5-2-6-12-20/h1-16,26H,17H2,(H,27,29)(H,28,30). The van der Waals surface area contributed by atoms with Gasteiger partial charge in [-0.3, -0.25) is 20.4 Å². The van der Waals surface area contributed by atoms with Crippen molar-refractivity contribution in [1.29, 1.82) is 0 Å². The van der Waals surface area contributed by atoms with E-state index in [2.05, 4.69) is 16.2 Å². The largest absolute Gasteiger partial charge is 0.455 e. The molecule has 0 unspecified atom stereocenters. The predicted molar refractivity (Wildman–Crippen MR) is 127 cm³/mol. The Bertz CT molecular complexity index is 1400. The number of para-hydroxylation sites is 2. The minimum absolute atomic E-state index is 0.109. The average molecular weight is 476 g/mol. The molecular weight excluding hydrogens is 454 g/mol. The number of hydrogen-bond acceptors (Lipinski definition) is 6. The highest BCUT2D eigenvalue weighted by molar-refractivity contribution is 7.90. The normalized spacial score (nSPS) is 10.9. The zero-order valence-electron chi connectivity index (χ0n) is 17.9. The third-order valence-corrected chi connectivity index (χ3v) is 6.49. The Morgan fingerprint density at radius 3 is 2.06 bits per heavy atom. The second-order valence-electron chi connectivity index (χ2n) is 7.28. The average Bonchev–Trinajstić information content (AvgIpc) is 3.32. The first-order valence-corrected chi connectivity index (χ1v) is 12.0. The SMILES string of the molecule is O=C(NNC(=O)c1ccccc1Nc1ccccc1)c1ccc(CS(=O)(=O)c2ccccc2)o1. The van der Waals surface area contributed by atoms with Crippen LogP contribution in [0.5, 0.6) is 0 Å². The van der Waals surface area contributed by atoms with E-state index in [4.69, 9.17) is 4.42 Å². The number of carbonyl (C=O) groups excluding carboxylic acids is 2. The molecular formula is C25H21N3O5S. The van der Waals surface area contributed by atoms with Gasteiger partial charge in [-0.2, -0.15) is 0 Å². The molecule has 8 nitrogen and oxygen atoms in total. The molecule has 0 aliphatic carbocycles. The van der Waals surface area contributed by atoms with Crippen molar-refractivity contribution in [3.05, 3.63) is 114 Å². The Balaban J connectivity index is 1.39. The fraction of sp³-hybridized carbons (Fsp3) is 0.0400. The van der Waals surface area contributed by atoms with E-state index in [1.165, 1.54) is 24.3 Å². The van der Waals surface area contributed by atoms with Crippen LogP contribution >= 0.6 is 0 Å². The first-order valence-electron chi connectivity index (χ1n) is 10.3. The van der Waals surface area contributed by atoms with Crippen LogP contribution < -0.4 is 16.2 Å². The van der Waals surface area contributed by atoms with Gasteiger partial charge in [0.25, 0.3) is 5.91 Å². The van der Waals surface area contributed by atoms with Crippen LogP contribution in [0.4, 0.5) is 11.4 Å². The van der Waals surface area contributed by atoms with Crippen molar-refractivity contribution >= 4 is 33.0 Å². The van der Waals surface area contributed by atoms with E-state index in [1.54, 1.807) is 42.5 Å². The monoisotopic (exact) mass is 475 g/mol. The second kappa shape index (κ2) is 10.1. The molecule has 0 bridgehead atoms. The summed E-state index contributed by atoms with van der Waals surface area (Å²) in [6.45, 7) is 0. The van der Waals surface area contributed by atoms with Crippen molar-refractivity contribution in [2.24, 2.45) is 0 Å². The predicted octanol–water partition coefficient (Wildman–Crippen LogP) is 4.07. The van der Waals surface area contributed by atoms with Crippen LogP contribution in [0.1, 0.15) is 26.7 Å². The van der Waals surface area contributed by atoms with Gasteiger partial charge >= 0.3 is 5.91 Å². The van der Waals surface area contributed by atoms with Gasteiger partial charge in [0.05, 0.1) is 16.1 Å². The number of furan rings is 1. The first kappa shape index (κ1) is 22.8. The fourth-order valence-electron chi connectivity index (χ4n) is 3.19. The van der Waals surface area contributed by atoms with Gasteiger partial charge < -0.3 is 9.73 Å². The molecule has 34 heavy (non-hydrogen) atoms. The molecule has 2 amide bonds. The number of amides is 2. The lowest BCUT2D eigenvalue weighted by atomic mass is 10.1. The van der Waals surface area contributed by atoms with Crippen LogP contribution in [0, 0.1) is 0 Å². The minimum Gasteiger partial charge on any atom is -0.455 e. The zero-order chi connectivity index (χ0) is 24.0. The molecule has 0 spiro atoms. The number of sulfone groups is 1. The molecule has 4 aromatic rings. The molecule has 0 atom stereocenters. The van der Waals surface area contributed by atoms with E-state index in [-0.39, 0.29) is 16.4 Å². The van der Waals surface area contributed by atoms with Crippen LogP contribution in [0.25, 0.3) is 0 Å². The highest BCUT2D eigenvalue weighted by Gasteiger charge is 2.20. The number of hydrazine groups is 1. The molecule has 172 valence electrons. The molecule has 0 aliphatic rings. The van der Waals surface area contributed by atoms with E-state index >= 15 is 0 Å². The topological polar surface area (TPSA) is 118 Å². The maximum atomic E-state index is 12.7. The van der Waals surface area contributed by atoms with E-state index in [0.717, 1.165) is 5.69 Å². The highest BCUT2D eigenvalue weighted by atomic mass is 32.2. The Labute approximate surface area is 196 Å². The van der Waals surface area contributed by atoms with Crippen LogP contribution in [-0.4, -0.2) is 20.2 Å². The van der Waals surface area contributed by atoms with Crippen LogP contribution in [-0.2, 0) is 15.6 Å². The Morgan fingerprint density at radius 1 is 0.706 bits per heavy atom. The summed E-state index contributed by atoms with van der Waals surface area (Å²) < 4.78 is 30.4. The fourth-order valence-corrected chi connectivity index (χ4v) is 4.45. The maximum absolute atomic E-state index is 12.7. The quantitative estimate of drug-likeness (QED) is 0.347. The summed E-state index contributed by atoms with van der Waals surface area (Å²) in [5.74, 6) is -1.67. The summed E-state index contributed by atoms with van der Waals surface area (Å²) >= 11 is 0. The summed E-state index contributed by atoms with van der Waals surface area (Å²) in [7, 11) is -3.62. The number of rotatable bonds is 7. The van der Waals surface area contributed by atoms with Gasteiger partial charge in [0.1, 0.15) is 11.5 Å². The summed E-state index contributed by atoms with van der Waals surface area (Å²) in [5.41, 5.74) is 6.32. The molecule has 0 radical (unpaired) electrons. The first-order chi connectivity index (χ1) is 16.4. The number of carbonyl (C=O) groups is 2. The summed E-state index contributed by atoms with van der Waals surface area (Å²) in [6, 6.07) is 26.9. The molecule has 4 rings (SSSR count). The summed E-state index contributed by atoms with van der Waals surface area (Å²) in [6.07, 6.45) is 0. The maximum Gasteiger partial charge on any atom is 0.305 e. The zero-order valence-corrected chi connectivity index (χ0v) is 18.7. The van der Waals surface area contributed by atoms with Crippen molar-refractivity contribution in [2.45, 2.75) is 10.6 Å². The molecule has 0 saturated carbocycles. The summed E-state index contributed by atoms with van der Waals surface area (Å²) in [4.78, 5) is 25.2. The van der Waals surface area contributed by atoms with Gasteiger partial charge in [-0.1, -0.05) is 48.5 Å². The minimum atomic E-state index is -3.62. The lowest BCUT2D eigenvalue weighted by Crippen LogP contribution is -2.41. The number of nitrogens with one attached hydrogen (secondary N) is 3. The molecule has 0 fully saturated rings. The van der Waals surface area contributed by atoms with Crippen molar-refractivity contribution in [3.63, 3.8) is 0 Å². The molecule has 1 heterocycles. The van der Waals surface area contributed by atoms with Crippen LogP contribution in [0.2, 0.25) is 0 Å². The van der Waals surface area contributed by atoms with Gasteiger partial charge in [-0.25, -0.2) is 8.42 Å². The van der Waals surface area contributed by atoms with Gasteiger partial charge in [-0.05, 0) is 48.5 Å². The van der Waals surface area contributed by atoms with E-state index in [0.29, 0.717) is 11.3 Å². The molecule has 9 heteroatoms. The van der Waals surface area contributed by atoms with Gasteiger partial charge in [0.15, 0.2) is 15.6 Å². The summed E-state index contributed by atoms with van der Waals surface area (Å²) in [5, 5.41) is 3.16. The Morgan fingerprint density at radius 2 is 1.32 bits per heavy atom. The molecule has 1 aromatic heterocycles. The third kappa shape index (κ3) is 5.51. The molecule has 0 saturated heterocycles. The van der Waals surface area contributed by atoms with E-state index in [9.17, 15) is 18.0 Å². The molecule has 3 N–H and O–H groups in total. The second-order valence-corrected chi connectivity index (χ2v) is 9.27. The number of benzene rings is 3.